The molecule has 58 valence electrons. The molecule has 1 nitrogen and oxygen atoms in total. The Balaban J connectivity index is 2.56. The molecule has 11 heavy (non-hydrogen) atoms. The lowest BCUT2D eigenvalue weighted by molar-refractivity contribution is 0.218. The molecule has 0 spiro atoms. The summed E-state index contributed by atoms with van der Waals surface area (Å²) >= 11 is 0. The van der Waals surface area contributed by atoms with Crippen LogP contribution in [0.4, 0.5) is 0 Å². The lowest BCUT2D eigenvalue weighted by atomic mass is 9.97. The van der Waals surface area contributed by atoms with Crippen molar-refractivity contribution in [3.63, 3.8) is 0 Å². The highest BCUT2D eigenvalue weighted by Gasteiger charge is 2.19. The molecular weight excluding hydrogens is 136 g/mol. The Hall–Kier alpha value is -1.00. The van der Waals surface area contributed by atoms with E-state index in [1.807, 2.05) is 0 Å². The molecule has 0 aromatic heterocycles. The Morgan fingerprint density at radius 2 is 2.55 bits per heavy atom. The summed E-state index contributed by atoms with van der Waals surface area (Å²) in [5.41, 5.74) is 0. The number of aliphatic hydroxyl groups is 1. The van der Waals surface area contributed by atoms with E-state index in [0.717, 1.165) is 6.42 Å². The first-order chi connectivity index (χ1) is 5.38. The third-order valence-corrected chi connectivity index (χ3v) is 1.88. The van der Waals surface area contributed by atoms with Gasteiger partial charge in [-0.2, -0.15) is 0 Å². The van der Waals surface area contributed by atoms with E-state index in [1.165, 1.54) is 0 Å². The van der Waals surface area contributed by atoms with E-state index in [1.54, 1.807) is 6.08 Å². The highest BCUT2D eigenvalue weighted by atomic mass is 16.3. The molecule has 0 bridgehead atoms. The third kappa shape index (κ3) is 1.96. The molecular formula is C10H12O. The van der Waals surface area contributed by atoms with E-state index < -0.39 is 0 Å². The van der Waals surface area contributed by atoms with Crippen molar-refractivity contribution in [1.29, 1.82) is 0 Å². The van der Waals surface area contributed by atoms with Crippen molar-refractivity contribution in [3.05, 3.63) is 24.8 Å². The van der Waals surface area contributed by atoms with E-state index in [0.29, 0.717) is 5.92 Å². The van der Waals surface area contributed by atoms with Crippen LogP contribution in [0.15, 0.2) is 24.8 Å². The van der Waals surface area contributed by atoms with Crippen LogP contribution in [0.25, 0.3) is 0 Å². The Bertz CT molecular complexity index is 217. The Morgan fingerprint density at radius 1 is 1.73 bits per heavy atom. The molecule has 2 atom stereocenters. The van der Waals surface area contributed by atoms with Crippen molar-refractivity contribution in [1.82, 2.24) is 0 Å². The highest BCUT2D eigenvalue weighted by Crippen LogP contribution is 2.23. The van der Waals surface area contributed by atoms with Crippen LogP contribution in [0.1, 0.15) is 6.42 Å². The Morgan fingerprint density at radius 3 is 3.18 bits per heavy atom. The summed E-state index contributed by atoms with van der Waals surface area (Å²) in [6.45, 7) is 3.74. The van der Waals surface area contributed by atoms with Gasteiger partial charge in [0.15, 0.2) is 0 Å². The minimum Gasteiger partial charge on any atom is -0.396 e. The van der Waals surface area contributed by atoms with Gasteiger partial charge in [0.2, 0.25) is 0 Å². The first-order valence-electron chi connectivity index (χ1n) is 3.78. The van der Waals surface area contributed by atoms with E-state index in [4.69, 9.17) is 5.11 Å². The van der Waals surface area contributed by atoms with Gasteiger partial charge in [-0.3, -0.25) is 0 Å². The number of allylic oxidation sites excluding steroid dienone is 3. The van der Waals surface area contributed by atoms with Gasteiger partial charge in [0.05, 0.1) is 0 Å². The van der Waals surface area contributed by atoms with Gasteiger partial charge >= 0.3 is 0 Å². The quantitative estimate of drug-likeness (QED) is 0.439. The van der Waals surface area contributed by atoms with E-state index in [2.05, 4.69) is 30.6 Å². The predicted molar refractivity (Wildman–Crippen MR) is 45.8 cm³/mol. The van der Waals surface area contributed by atoms with Crippen molar-refractivity contribution in [2.75, 3.05) is 6.61 Å². The van der Waals surface area contributed by atoms with Gasteiger partial charge < -0.3 is 5.11 Å². The molecule has 1 aliphatic rings. The van der Waals surface area contributed by atoms with E-state index in [9.17, 15) is 0 Å². The average Bonchev–Trinajstić information content (AvgIpc) is 2.47. The van der Waals surface area contributed by atoms with Gasteiger partial charge in [-0.25, -0.2) is 0 Å². The monoisotopic (exact) mass is 148 g/mol. The maximum Gasteiger partial charge on any atom is 0.0477 e. The molecule has 0 heterocycles. The summed E-state index contributed by atoms with van der Waals surface area (Å²) in [5, 5.41) is 8.90. The normalized spacial score (nSPS) is 27.7. The molecule has 0 amide bonds. The summed E-state index contributed by atoms with van der Waals surface area (Å²) in [7, 11) is 0. The standard InChI is InChI=1S/C10H12O/c1-2-3-5-9-6-4-7-10(9)8-11/h2,4,6,9-11H,1,7-8H2. The molecule has 0 fully saturated rings. The molecule has 0 saturated carbocycles. The summed E-state index contributed by atoms with van der Waals surface area (Å²) in [6, 6.07) is 0. The molecule has 0 aromatic carbocycles. The van der Waals surface area contributed by atoms with Crippen LogP contribution in [0.3, 0.4) is 0 Å². The van der Waals surface area contributed by atoms with Gasteiger partial charge in [0, 0.05) is 18.4 Å². The summed E-state index contributed by atoms with van der Waals surface area (Å²) in [5.74, 6) is 6.37. The molecule has 0 radical (unpaired) electrons. The van der Waals surface area contributed by atoms with Crippen LogP contribution < -0.4 is 0 Å². The average molecular weight is 148 g/mol. The summed E-state index contributed by atoms with van der Waals surface area (Å²) in [6.07, 6.45) is 6.66. The fraction of sp³-hybridized carbons (Fsp3) is 0.400. The first-order valence-corrected chi connectivity index (χ1v) is 3.78. The van der Waals surface area contributed by atoms with Crippen LogP contribution in [0.2, 0.25) is 0 Å². The SMILES string of the molecule is C=CC#CC1C=CCC1CO. The van der Waals surface area contributed by atoms with Crippen LogP contribution in [-0.4, -0.2) is 11.7 Å². The topological polar surface area (TPSA) is 20.2 Å². The summed E-state index contributed by atoms with van der Waals surface area (Å²) in [4.78, 5) is 0. The van der Waals surface area contributed by atoms with E-state index >= 15 is 0 Å². The molecule has 0 aromatic rings. The fourth-order valence-electron chi connectivity index (χ4n) is 1.21. The van der Waals surface area contributed by atoms with Gasteiger partial charge in [-0.1, -0.05) is 30.6 Å². The van der Waals surface area contributed by atoms with Crippen molar-refractivity contribution in [3.8, 4) is 11.8 Å². The fourth-order valence-corrected chi connectivity index (χ4v) is 1.21. The van der Waals surface area contributed by atoms with Crippen molar-refractivity contribution in [2.24, 2.45) is 11.8 Å². The first kappa shape index (κ1) is 8.10. The highest BCUT2D eigenvalue weighted by molar-refractivity contribution is 5.21. The minimum absolute atomic E-state index is 0.226. The van der Waals surface area contributed by atoms with Crippen LogP contribution >= 0.6 is 0 Å². The Kier molecular flexibility index (Phi) is 2.95. The van der Waals surface area contributed by atoms with Crippen LogP contribution in [-0.2, 0) is 0 Å². The molecule has 1 N–H and O–H groups in total. The molecule has 1 aliphatic carbocycles. The number of aliphatic hydroxyl groups excluding tert-OH is 1. The third-order valence-electron chi connectivity index (χ3n) is 1.88. The zero-order valence-corrected chi connectivity index (χ0v) is 6.46. The van der Waals surface area contributed by atoms with Crippen molar-refractivity contribution in [2.45, 2.75) is 6.42 Å². The largest absolute Gasteiger partial charge is 0.396 e. The minimum atomic E-state index is 0.226. The predicted octanol–water partition coefficient (Wildman–Crippen LogP) is 1.36. The lowest BCUT2D eigenvalue weighted by Gasteiger charge is -2.09. The van der Waals surface area contributed by atoms with Crippen LogP contribution in [0, 0.1) is 23.7 Å². The lowest BCUT2D eigenvalue weighted by Crippen LogP contribution is -2.10. The maximum absolute atomic E-state index is 8.90. The number of rotatable bonds is 1. The van der Waals surface area contributed by atoms with Crippen LogP contribution in [0.5, 0.6) is 0 Å². The van der Waals surface area contributed by atoms with Gasteiger partial charge in [-0.15, -0.1) is 0 Å². The zero-order valence-electron chi connectivity index (χ0n) is 6.46. The second-order valence-electron chi connectivity index (χ2n) is 2.63. The van der Waals surface area contributed by atoms with Gasteiger partial charge in [0.25, 0.3) is 0 Å². The molecule has 1 rings (SSSR count). The molecule has 0 aliphatic heterocycles. The van der Waals surface area contributed by atoms with E-state index in [-0.39, 0.29) is 12.5 Å². The number of hydrogen-bond acceptors (Lipinski definition) is 1. The second kappa shape index (κ2) is 4.00. The zero-order chi connectivity index (χ0) is 8.10. The Labute approximate surface area is 67.4 Å². The van der Waals surface area contributed by atoms with Crippen molar-refractivity contribution >= 4 is 0 Å². The maximum atomic E-state index is 8.90. The molecule has 0 saturated heterocycles. The number of hydrogen-bond donors (Lipinski definition) is 1. The smallest absolute Gasteiger partial charge is 0.0477 e. The molecule has 1 heteroatoms. The summed E-state index contributed by atoms with van der Waals surface area (Å²) < 4.78 is 0. The van der Waals surface area contributed by atoms with Crippen molar-refractivity contribution < 1.29 is 5.11 Å². The second-order valence-corrected chi connectivity index (χ2v) is 2.63. The van der Waals surface area contributed by atoms with Gasteiger partial charge in [0.1, 0.15) is 0 Å². The molecule has 2 unspecified atom stereocenters. The van der Waals surface area contributed by atoms with Gasteiger partial charge in [-0.05, 0) is 12.5 Å².